The minimum absolute atomic E-state index is 0.0372. The maximum atomic E-state index is 11.9. The molecular weight excluding hydrogens is 335 g/mol. The molecule has 0 aromatic heterocycles. The Morgan fingerprint density at radius 2 is 1.90 bits per heavy atom. The van der Waals surface area contributed by atoms with Gasteiger partial charge < -0.3 is 15.7 Å². The normalized spacial score (nSPS) is 11.8. The van der Waals surface area contributed by atoms with E-state index >= 15 is 0 Å². The summed E-state index contributed by atoms with van der Waals surface area (Å²) in [5.41, 5.74) is 0.157. The zero-order chi connectivity index (χ0) is 16.0. The van der Waals surface area contributed by atoms with E-state index in [0.29, 0.717) is 0 Å². The number of hydrogen-bond donors (Lipinski definition) is 3. The number of carboxylic acid groups (broad SMARTS) is 1. The molecule has 0 heterocycles. The summed E-state index contributed by atoms with van der Waals surface area (Å²) >= 11 is 13.6. The predicted molar refractivity (Wildman–Crippen MR) is 88.0 cm³/mol. The second-order valence-electron chi connectivity index (χ2n) is 4.28. The van der Waals surface area contributed by atoms with E-state index in [1.807, 2.05) is 13.2 Å². The van der Waals surface area contributed by atoms with Crippen molar-refractivity contribution in [2.45, 2.75) is 19.4 Å². The third-order valence-electron chi connectivity index (χ3n) is 2.72. The topological polar surface area (TPSA) is 78.4 Å². The lowest BCUT2D eigenvalue weighted by molar-refractivity contribution is 0.0697. The largest absolute Gasteiger partial charge is 0.478 e. The Hall–Kier alpha value is -1.11. The molecule has 0 radical (unpaired) electrons. The zero-order valence-corrected chi connectivity index (χ0v) is 13.9. The fraction of sp³-hybridized carbons (Fsp3) is 0.385. The number of thioether (sulfide) groups is 1. The molecule has 1 atom stereocenters. The molecule has 0 aliphatic carbocycles. The molecule has 1 aromatic rings. The minimum atomic E-state index is -1.14. The van der Waals surface area contributed by atoms with Crippen LogP contribution in [-0.4, -0.2) is 35.2 Å². The molecule has 1 aromatic carbocycles. The lowest BCUT2D eigenvalue weighted by Gasteiger charge is -2.17. The number of carbonyl (C=O) groups excluding carboxylic acids is 1. The number of carbonyl (C=O) groups is 2. The summed E-state index contributed by atoms with van der Waals surface area (Å²) in [6, 6.07) is 2.09. The van der Waals surface area contributed by atoms with E-state index in [0.717, 1.165) is 12.2 Å². The van der Waals surface area contributed by atoms with Crippen LogP contribution in [0.5, 0.6) is 0 Å². The smallest absolute Gasteiger partial charge is 0.335 e. The van der Waals surface area contributed by atoms with E-state index < -0.39 is 12.0 Å². The molecule has 0 bridgehead atoms. The van der Waals surface area contributed by atoms with Crippen LogP contribution in [0.15, 0.2) is 12.1 Å². The summed E-state index contributed by atoms with van der Waals surface area (Å²) in [5.74, 6) is -0.343. The monoisotopic (exact) mass is 350 g/mol. The molecule has 5 nitrogen and oxygen atoms in total. The Bertz CT molecular complexity index is 517. The van der Waals surface area contributed by atoms with Gasteiger partial charge in [-0.3, -0.25) is 0 Å². The van der Waals surface area contributed by atoms with Gasteiger partial charge in [0.05, 0.1) is 21.3 Å². The fourth-order valence-corrected chi connectivity index (χ4v) is 2.92. The Balaban J connectivity index is 2.83. The summed E-state index contributed by atoms with van der Waals surface area (Å²) in [7, 11) is 0. The van der Waals surface area contributed by atoms with Crippen molar-refractivity contribution in [2.75, 3.05) is 17.3 Å². The third kappa shape index (κ3) is 5.30. The first-order valence-electron chi connectivity index (χ1n) is 6.17. The highest BCUT2D eigenvalue weighted by Gasteiger charge is 2.16. The predicted octanol–water partition coefficient (Wildman–Crippen LogP) is 3.95. The number of halogens is 2. The minimum Gasteiger partial charge on any atom is -0.478 e. The lowest BCUT2D eigenvalue weighted by atomic mass is 10.2. The standard InChI is InChI=1S/C13H16Cl2N2O3S/c1-3-8(6-21-2)16-13(20)17-11-9(14)4-7(12(18)19)5-10(11)15/h4-5,8H,3,6H2,1-2H3,(H,18,19)(H2,16,17,20). The van der Waals surface area contributed by atoms with E-state index in [1.54, 1.807) is 11.8 Å². The van der Waals surface area contributed by atoms with Crippen LogP contribution in [0.4, 0.5) is 10.5 Å². The second kappa shape index (κ2) is 8.36. The molecule has 0 spiro atoms. The average Bonchev–Trinajstić information content (AvgIpc) is 2.41. The lowest BCUT2D eigenvalue weighted by Crippen LogP contribution is -2.39. The molecule has 0 fully saturated rings. The molecule has 21 heavy (non-hydrogen) atoms. The van der Waals surface area contributed by atoms with Gasteiger partial charge in [0, 0.05) is 11.8 Å². The number of carboxylic acids is 1. The fourth-order valence-electron chi connectivity index (χ4n) is 1.61. The second-order valence-corrected chi connectivity index (χ2v) is 6.00. The van der Waals surface area contributed by atoms with Crippen LogP contribution in [0.1, 0.15) is 23.7 Å². The van der Waals surface area contributed by atoms with Crippen molar-refractivity contribution in [3.63, 3.8) is 0 Å². The summed E-state index contributed by atoms with van der Waals surface area (Å²) < 4.78 is 0. The van der Waals surface area contributed by atoms with Crippen LogP contribution < -0.4 is 10.6 Å². The van der Waals surface area contributed by atoms with Crippen molar-refractivity contribution in [1.29, 1.82) is 0 Å². The highest BCUT2D eigenvalue weighted by molar-refractivity contribution is 7.98. The summed E-state index contributed by atoms with van der Waals surface area (Å²) in [6.07, 6.45) is 2.76. The van der Waals surface area contributed by atoms with Gasteiger partial charge in [-0.2, -0.15) is 11.8 Å². The van der Waals surface area contributed by atoms with Gasteiger partial charge >= 0.3 is 12.0 Å². The molecule has 0 saturated carbocycles. The number of benzene rings is 1. The van der Waals surface area contributed by atoms with Gasteiger partial charge in [0.15, 0.2) is 0 Å². The SMILES string of the molecule is CCC(CSC)NC(=O)Nc1c(Cl)cc(C(=O)O)cc1Cl. The van der Waals surface area contributed by atoms with E-state index in [2.05, 4.69) is 10.6 Å². The first-order valence-corrected chi connectivity index (χ1v) is 8.32. The average molecular weight is 351 g/mol. The maximum Gasteiger partial charge on any atom is 0.335 e. The van der Waals surface area contributed by atoms with Crippen LogP contribution >= 0.6 is 35.0 Å². The molecule has 0 saturated heterocycles. The summed E-state index contributed by atoms with van der Waals surface area (Å²) in [6.45, 7) is 1.97. The van der Waals surface area contributed by atoms with E-state index in [9.17, 15) is 9.59 Å². The summed E-state index contributed by atoms with van der Waals surface area (Å²) in [5, 5.41) is 14.4. The highest BCUT2D eigenvalue weighted by atomic mass is 35.5. The molecule has 8 heteroatoms. The molecule has 3 N–H and O–H groups in total. The Morgan fingerprint density at radius 3 is 2.33 bits per heavy atom. The van der Waals surface area contributed by atoms with Crippen LogP contribution in [0.2, 0.25) is 10.0 Å². The van der Waals surface area contributed by atoms with Crippen molar-refractivity contribution < 1.29 is 14.7 Å². The number of aromatic carboxylic acids is 1. The number of urea groups is 1. The molecule has 0 aliphatic rings. The van der Waals surface area contributed by atoms with Gasteiger partial charge in [-0.25, -0.2) is 9.59 Å². The van der Waals surface area contributed by atoms with Gasteiger partial charge in [0.1, 0.15) is 0 Å². The van der Waals surface area contributed by atoms with Crippen molar-refractivity contribution in [3.05, 3.63) is 27.7 Å². The van der Waals surface area contributed by atoms with Crippen molar-refractivity contribution in [1.82, 2.24) is 5.32 Å². The van der Waals surface area contributed by atoms with Gasteiger partial charge in [0.25, 0.3) is 0 Å². The summed E-state index contributed by atoms with van der Waals surface area (Å²) in [4.78, 5) is 22.8. The Morgan fingerprint density at radius 1 is 1.33 bits per heavy atom. The molecule has 2 amide bonds. The quantitative estimate of drug-likeness (QED) is 0.725. The Kier molecular flexibility index (Phi) is 7.14. The number of anilines is 1. The number of amides is 2. The van der Waals surface area contributed by atoms with Crippen molar-refractivity contribution in [3.8, 4) is 0 Å². The van der Waals surface area contributed by atoms with Gasteiger partial charge in [-0.05, 0) is 24.8 Å². The van der Waals surface area contributed by atoms with E-state index in [1.165, 1.54) is 12.1 Å². The number of hydrogen-bond acceptors (Lipinski definition) is 3. The third-order valence-corrected chi connectivity index (χ3v) is 4.06. The molecular formula is C13H16Cl2N2O3S. The van der Waals surface area contributed by atoms with Crippen LogP contribution in [0, 0.1) is 0 Å². The van der Waals surface area contributed by atoms with E-state index in [4.69, 9.17) is 28.3 Å². The zero-order valence-electron chi connectivity index (χ0n) is 11.6. The van der Waals surface area contributed by atoms with Gasteiger partial charge in [0.2, 0.25) is 0 Å². The Labute approximate surface area is 137 Å². The van der Waals surface area contributed by atoms with Crippen LogP contribution in [0.25, 0.3) is 0 Å². The molecule has 1 unspecified atom stereocenters. The van der Waals surface area contributed by atoms with Crippen molar-refractivity contribution in [2.24, 2.45) is 0 Å². The first-order chi connectivity index (χ1) is 9.88. The molecule has 116 valence electrons. The van der Waals surface area contributed by atoms with Gasteiger partial charge in [-0.15, -0.1) is 0 Å². The van der Waals surface area contributed by atoms with E-state index in [-0.39, 0.29) is 27.3 Å². The van der Waals surface area contributed by atoms with Crippen molar-refractivity contribution >= 4 is 52.7 Å². The number of rotatable bonds is 6. The van der Waals surface area contributed by atoms with Crippen LogP contribution in [-0.2, 0) is 0 Å². The highest BCUT2D eigenvalue weighted by Crippen LogP contribution is 2.31. The molecule has 1 rings (SSSR count). The number of nitrogens with one attached hydrogen (secondary N) is 2. The maximum absolute atomic E-state index is 11.9. The first kappa shape index (κ1) is 17.9. The van der Waals surface area contributed by atoms with Gasteiger partial charge in [-0.1, -0.05) is 30.1 Å². The van der Waals surface area contributed by atoms with Crippen LogP contribution in [0.3, 0.4) is 0 Å². The molecule has 0 aliphatic heterocycles.